The normalized spacial score (nSPS) is 16.9. The van der Waals surface area contributed by atoms with Gasteiger partial charge in [-0.1, -0.05) is 6.92 Å². The van der Waals surface area contributed by atoms with E-state index in [-0.39, 0.29) is 5.91 Å². The number of thiophene rings is 1. The van der Waals surface area contributed by atoms with Gasteiger partial charge in [0, 0.05) is 43.9 Å². The lowest BCUT2D eigenvalue weighted by molar-refractivity contribution is 0.0685. The molecule has 6 heteroatoms. The van der Waals surface area contributed by atoms with Crippen LogP contribution in [-0.4, -0.2) is 40.8 Å². The van der Waals surface area contributed by atoms with Crippen LogP contribution < -0.4 is 0 Å². The summed E-state index contributed by atoms with van der Waals surface area (Å²) in [5.74, 6) is 0.818. The first kappa shape index (κ1) is 17.2. The Balaban J connectivity index is 1.77. The number of fused-ring (bicyclic) bond motifs is 1. The lowest BCUT2D eigenvalue weighted by Gasteiger charge is -2.21. The monoisotopic (exact) mass is 347 g/mol. The molecule has 0 fully saturated rings. The minimum atomic E-state index is 0.1000. The number of aromatic nitrogens is 2. The highest BCUT2D eigenvalue weighted by molar-refractivity contribution is 7.14. The summed E-state index contributed by atoms with van der Waals surface area (Å²) in [6.45, 7) is 3.97. The molecular weight excluding hydrogens is 322 g/mol. The zero-order valence-corrected chi connectivity index (χ0v) is 15.4. The van der Waals surface area contributed by atoms with E-state index >= 15 is 0 Å². The fraction of sp³-hybridized carbons (Fsp3) is 0.556. The van der Waals surface area contributed by atoms with Crippen molar-refractivity contribution in [2.45, 2.75) is 32.7 Å². The molecule has 1 aliphatic rings. The molecule has 0 unspecified atom stereocenters. The highest BCUT2D eigenvalue weighted by Gasteiger charge is 2.23. The van der Waals surface area contributed by atoms with Crippen molar-refractivity contribution in [2.75, 3.05) is 20.3 Å². The summed E-state index contributed by atoms with van der Waals surface area (Å²) in [5, 5.41) is 4.19. The molecule has 3 rings (SSSR count). The van der Waals surface area contributed by atoms with Crippen molar-refractivity contribution in [3.05, 3.63) is 39.3 Å². The fourth-order valence-corrected chi connectivity index (χ4v) is 4.37. The fourth-order valence-electron chi connectivity index (χ4n) is 3.19. The largest absolute Gasteiger partial charge is 0.383 e. The maximum absolute atomic E-state index is 13.0. The Hall–Kier alpha value is -1.66. The smallest absolute Gasteiger partial charge is 0.264 e. The molecule has 0 aliphatic heterocycles. The van der Waals surface area contributed by atoms with E-state index in [9.17, 15) is 4.79 Å². The SMILES string of the molecule is COCCN(Cc1cnn(C)c1)C(=O)c1cc2c(s1)CC[C@H](C)C2. The number of hydrogen-bond acceptors (Lipinski definition) is 4. The van der Waals surface area contributed by atoms with E-state index in [1.807, 2.05) is 24.3 Å². The number of carbonyl (C=O) groups excluding carboxylic acids is 1. The molecule has 130 valence electrons. The molecule has 1 aliphatic carbocycles. The number of rotatable bonds is 6. The van der Waals surface area contributed by atoms with Gasteiger partial charge in [0.1, 0.15) is 0 Å². The molecule has 1 amide bonds. The van der Waals surface area contributed by atoms with Crippen LogP contribution in [-0.2, 0) is 31.2 Å². The molecular formula is C18H25N3O2S. The van der Waals surface area contributed by atoms with Gasteiger partial charge >= 0.3 is 0 Å². The summed E-state index contributed by atoms with van der Waals surface area (Å²) < 4.78 is 6.95. The molecule has 2 heterocycles. The van der Waals surface area contributed by atoms with E-state index in [4.69, 9.17) is 4.74 Å². The van der Waals surface area contributed by atoms with Gasteiger partial charge in [-0.3, -0.25) is 9.48 Å². The van der Waals surface area contributed by atoms with Crippen LogP contribution >= 0.6 is 11.3 Å². The third-order valence-electron chi connectivity index (χ3n) is 4.52. The average Bonchev–Trinajstić information content (AvgIpc) is 3.16. The molecule has 0 radical (unpaired) electrons. The average molecular weight is 347 g/mol. The highest BCUT2D eigenvalue weighted by atomic mass is 32.1. The molecule has 1 atom stereocenters. The second-order valence-corrected chi connectivity index (χ2v) is 7.79. The summed E-state index contributed by atoms with van der Waals surface area (Å²) in [7, 11) is 3.55. The first-order valence-corrected chi connectivity index (χ1v) is 9.25. The number of amides is 1. The summed E-state index contributed by atoms with van der Waals surface area (Å²) in [6.07, 6.45) is 7.20. The van der Waals surface area contributed by atoms with E-state index in [1.54, 1.807) is 23.1 Å². The Bertz CT molecular complexity index is 707. The number of carbonyl (C=O) groups is 1. The lowest BCUT2D eigenvalue weighted by atomic mass is 9.90. The van der Waals surface area contributed by atoms with Gasteiger partial charge < -0.3 is 9.64 Å². The van der Waals surface area contributed by atoms with Gasteiger partial charge in [-0.15, -0.1) is 11.3 Å². The van der Waals surface area contributed by atoms with Crippen molar-refractivity contribution in [3.63, 3.8) is 0 Å². The molecule has 24 heavy (non-hydrogen) atoms. The minimum absolute atomic E-state index is 0.1000. The van der Waals surface area contributed by atoms with Crippen molar-refractivity contribution in [1.82, 2.24) is 14.7 Å². The molecule has 0 saturated carbocycles. The molecule has 0 saturated heterocycles. The predicted molar refractivity (Wildman–Crippen MR) is 95.3 cm³/mol. The Morgan fingerprint density at radius 2 is 2.38 bits per heavy atom. The van der Waals surface area contributed by atoms with Gasteiger partial charge in [-0.2, -0.15) is 5.10 Å². The van der Waals surface area contributed by atoms with E-state index in [1.165, 1.54) is 16.9 Å². The Kier molecular flexibility index (Phi) is 5.36. The van der Waals surface area contributed by atoms with Gasteiger partial charge in [-0.25, -0.2) is 0 Å². The zero-order valence-electron chi connectivity index (χ0n) is 14.6. The van der Waals surface area contributed by atoms with Crippen LogP contribution in [0, 0.1) is 5.92 Å². The van der Waals surface area contributed by atoms with E-state index in [0.717, 1.165) is 29.2 Å². The molecule has 0 bridgehead atoms. The van der Waals surface area contributed by atoms with Crippen LogP contribution in [0.5, 0.6) is 0 Å². The summed E-state index contributed by atoms with van der Waals surface area (Å²) in [6, 6.07) is 2.11. The van der Waals surface area contributed by atoms with Gasteiger partial charge in [0.15, 0.2) is 0 Å². The second-order valence-electron chi connectivity index (χ2n) is 6.65. The minimum Gasteiger partial charge on any atom is -0.383 e. The predicted octanol–water partition coefficient (Wildman–Crippen LogP) is 2.90. The Labute approximate surface area is 147 Å². The first-order chi connectivity index (χ1) is 11.6. The summed E-state index contributed by atoms with van der Waals surface area (Å²) >= 11 is 1.67. The van der Waals surface area contributed by atoms with Crippen LogP contribution in [0.1, 0.15) is 39.0 Å². The quantitative estimate of drug-likeness (QED) is 0.807. The van der Waals surface area contributed by atoms with Gasteiger partial charge in [-0.05, 0) is 36.8 Å². The first-order valence-electron chi connectivity index (χ1n) is 8.44. The Morgan fingerprint density at radius 1 is 1.54 bits per heavy atom. The maximum atomic E-state index is 13.0. The van der Waals surface area contributed by atoms with Crippen LogP contribution in [0.25, 0.3) is 0 Å². The molecule has 5 nitrogen and oxygen atoms in total. The number of ether oxygens (including phenoxy) is 1. The number of aryl methyl sites for hydroxylation is 2. The van der Waals surface area contributed by atoms with E-state index in [0.29, 0.717) is 19.7 Å². The van der Waals surface area contributed by atoms with E-state index in [2.05, 4.69) is 18.1 Å². The van der Waals surface area contributed by atoms with Crippen LogP contribution in [0.3, 0.4) is 0 Å². The topological polar surface area (TPSA) is 47.4 Å². The lowest BCUT2D eigenvalue weighted by Crippen LogP contribution is -2.32. The van der Waals surface area contributed by atoms with Gasteiger partial charge in [0.2, 0.25) is 0 Å². The van der Waals surface area contributed by atoms with Crippen molar-refractivity contribution < 1.29 is 9.53 Å². The van der Waals surface area contributed by atoms with Crippen LogP contribution in [0.4, 0.5) is 0 Å². The van der Waals surface area contributed by atoms with Gasteiger partial charge in [0.25, 0.3) is 5.91 Å². The zero-order chi connectivity index (χ0) is 17.1. The highest BCUT2D eigenvalue weighted by Crippen LogP contribution is 2.32. The second kappa shape index (κ2) is 7.49. The number of methoxy groups -OCH3 is 1. The third kappa shape index (κ3) is 3.87. The third-order valence-corrected chi connectivity index (χ3v) is 5.75. The standard InChI is InChI=1S/C18H25N3O2S/c1-13-4-5-16-15(8-13)9-17(24-16)18(22)21(6-7-23-3)12-14-10-19-20(2)11-14/h9-11,13H,4-8,12H2,1-3H3/t13-/m0/s1. The van der Waals surface area contributed by atoms with Crippen molar-refractivity contribution in [1.29, 1.82) is 0 Å². The van der Waals surface area contributed by atoms with Gasteiger partial charge in [0.05, 0.1) is 17.7 Å². The maximum Gasteiger partial charge on any atom is 0.264 e. The number of hydrogen-bond donors (Lipinski definition) is 0. The molecule has 0 aromatic carbocycles. The molecule has 0 N–H and O–H groups in total. The summed E-state index contributed by atoms with van der Waals surface area (Å²) in [5.41, 5.74) is 2.41. The molecule has 2 aromatic heterocycles. The molecule has 0 spiro atoms. The Morgan fingerprint density at radius 3 is 3.08 bits per heavy atom. The molecule has 2 aromatic rings. The van der Waals surface area contributed by atoms with Crippen molar-refractivity contribution in [2.24, 2.45) is 13.0 Å². The van der Waals surface area contributed by atoms with Crippen LogP contribution in [0.15, 0.2) is 18.5 Å². The van der Waals surface area contributed by atoms with E-state index < -0.39 is 0 Å². The number of nitrogens with zero attached hydrogens (tertiary/aromatic N) is 3. The van der Waals surface area contributed by atoms with Crippen LogP contribution in [0.2, 0.25) is 0 Å². The van der Waals surface area contributed by atoms with Crippen molar-refractivity contribution >= 4 is 17.2 Å². The summed E-state index contributed by atoms with van der Waals surface area (Å²) in [4.78, 5) is 17.1. The van der Waals surface area contributed by atoms with Crippen molar-refractivity contribution in [3.8, 4) is 0 Å².